The number of nitrogens with two attached hydrogens (primary N) is 1. The molecule has 6 heteroatoms. The summed E-state index contributed by atoms with van der Waals surface area (Å²) in [6.45, 7) is 4.53. The van der Waals surface area contributed by atoms with Crippen LogP contribution in [0.2, 0.25) is 0 Å². The average Bonchev–Trinajstić information content (AvgIpc) is 2.29. The van der Waals surface area contributed by atoms with Gasteiger partial charge in [-0.05, 0) is 12.3 Å². The first-order valence-corrected chi connectivity index (χ1v) is 6.11. The van der Waals surface area contributed by atoms with Gasteiger partial charge in [-0.15, -0.1) is 0 Å². The van der Waals surface area contributed by atoms with Crippen LogP contribution in [0.1, 0.15) is 20.3 Å². The number of carbonyl (C=O) groups excluding carboxylic acids is 1. The standard InChI is InChI=1S/C12H24N2O4/c1-9(2)6-10(7-13)12(17)14(4-5-18-3)8-11(15)16/h9-10H,4-8,13H2,1-3H3,(H,15,16). The van der Waals surface area contributed by atoms with E-state index in [1.54, 1.807) is 0 Å². The second kappa shape index (κ2) is 8.88. The molecule has 0 saturated carbocycles. The van der Waals surface area contributed by atoms with Crippen molar-refractivity contribution in [3.05, 3.63) is 0 Å². The molecule has 1 unspecified atom stereocenters. The maximum atomic E-state index is 12.2. The molecule has 0 heterocycles. The van der Waals surface area contributed by atoms with Crippen molar-refractivity contribution in [1.29, 1.82) is 0 Å². The molecule has 0 aromatic heterocycles. The third kappa shape index (κ3) is 6.56. The highest BCUT2D eigenvalue weighted by Crippen LogP contribution is 2.13. The Morgan fingerprint density at radius 3 is 2.39 bits per heavy atom. The van der Waals surface area contributed by atoms with Gasteiger partial charge >= 0.3 is 5.97 Å². The number of hydrogen-bond donors (Lipinski definition) is 2. The van der Waals surface area contributed by atoms with Gasteiger partial charge in [-0.25, -0.2) is 0 Å². The van der Waals surface area contributed by atoms with E-state index < -0.39 is 5.97 Å². The number of rotatable bonds is 9. The predicted octanol–water partition coefficient (Wildman–Crippen LogP) is 0.167. The van der Waals surface area contributed by atoms with Gasteiger partial charge in [0.25, 0.3) is 0 Å². The first kappa shape index (κ1) is 16.9. The molecule has 0 saturated heterocycles. The summed E-state index contributed by atoms with van der Waals surface area (Å²) in [5.74, 6) is -1.21. The maximum Gasteiger partial charge on any atom is 0.323 e. The molecule has 0 aliphatic carbocycles. The van der Waals surface area contributed by atoms with Gasteiger partial charge in [-0.3, -0.25) is 9.59 Å². The smallest absolute Gasteiger partial charge is 0.323 e. The number of carboxylic acids is 1. The minimum atomic E-state index is -1.03. The molecule has 18 heavy (non-hydrogen) atoms. The summed E-state index contributed by atoms with van der Waals surface area (Å²) >= 11 is 0. The average molecular weight is 260 g/mol. The van der Waals surface area contributed by atoms with Crippen LogP contribution in [0.25, 0.3) is 0 Å². The number of hydrogen-bond acceptors (Lipinski definition) is 4. The van der Waals surface area contributed by atoms with E-state index in [2.05, 4.69) is 0 Å². The molecule has 1 atom stereocenters. The molecular weight excluding hydrogens is 236 g/mol. The zero-order chi connectivity index (χ0) is 14.1. The number of carbonyl (C=O) groups is 2. The normalized spacial score (nSPS) is 12.5. The Kier molecular flexibility index (Phi) is 8.32. The van der Waals surface area contributed by atoms with Crippen molar-refractivity contribution in [2.24, 2.45) is 17.6 Å². The molecule has 0 aromatic carbocycles. The summed E-state index contributed by atoms with van der Waals surface area (Å²) in [6.07, 6.45) is 0.665. The van der Waals surface area contributed by atoms with Crippen LogP contribution in [0.4, 0.5) is 0 Å². The monoisotopic (exact) mass is 260 g/mol. The molecule has 106 valence electrons. The molecule has 0 aromatic rings. The van der Waals surface area contributed by atoms with Crippen LogP contribution in [0, 0.1) is 11.8 Å². The lowest BCUT2D eigenvalue weighted by molar-refractivity contribution is -0.146. The summed E-state index contributed by atoms with van der Waals surface area (Å²) in [4.78, 5) is 24.2. The van der Waals surface area contributed by atoms with Crippen LogP contribution in [-0.2, 0) is 14.3 Å². The SMILES string of the molecule is COCCN(CC(=O)O)C(=O)C(CN)CC(C)C. The summed E-state index contributed by atoms with van der Waals surface area (Å²) in [6, 6.07) is 0. The zero-order valence-corrected chi connectivity index (χ0v) is 11.4. The third-order valence-corrected chi connectivity index (χ3v) is 2.59. The molecule has 6 nitrogen and oxygen atoms in total. The molecule has 0 aliphatic heterocycles. The van der Waals surface area contributed by atoms with E-state index in [1.165, 1.54) is 12.0 Å². The summed E-state index contributed by atoms with van der Waals surface area (Å²) in [7, 11) is 1.51. The maximum absolute atomic E-state index is 12.2. The van der Waals surface area contributed by atoms with Gasteiger partial charge < -0.3 is 20.5 Å². The van der Waals surface area contributed by atoms with Gasteiger partial charge in [0.2, 0.25) is 5.91 Å². The highest BCUT2D eigenvalue weighted by atomic mass is 16.5. The number of amides is 1. The fourth-order valence-corrected chi connectivity index (χ4v) is 1.76. The van der Waals surface area contributed by atoms with E-state index in [4.69, 9.17) is 15.6 Å². The van der Waals surface area contributed by atoms with Crippen LogP contribution in [-0.4, -0.2) is 55.2 Å². The number of methoxy groups -OCH3 is 1. The van der Waals surface area contributed by atoms with Crippen LogP contribution in [0.15, 0.2) is 0 Å². The number of nitrogens with zero attached hydrogens (tertiary/aromatic N) is 1. The Bertz CT molecular complexity index is 269. The number of carboxylic acid groups (broad SMARTS) is 1. The van der Waals surface area contributed by atoms with Gasteiger partial charge in [-0.1, -0.05) is 13.8 Å². The summed E-state index contributed by atoms with van der Waals surface area (Å²) in [5, 5.41) is 8.80. The van der Waals surface area contributed by atoms with Crippen molar-refractivity contribution in [3.8, 4) is 0 Å². The van der Waals surface area contributed by atoms with Crippen LogP contribution >= 0.6 is 0 Å². The Balaban J connectivity index is 4.62. The second-order valence-corrected chi connectivity index (χ2v) is 4.71. The molecule has 0 aliphatic rings. The number of aliphatic carboxylic acids is 1. The molecular formula is C12H24N2O4. The largest absolute Gasteiger partial charge is 0.480 e. The topological polar surface area (TPSA) is 92.9 Å². The molecule has 3 N–H and O–H groups in total. The first-order chi connectivity index (χ1) is 8.42. The van der Waals surface area contributed by atoms with E-state index in [1.807, 2.05) is 13.8 Å². The van der Waals surface area contributed by atoms with Gasteiger partial charge in [-0.2, -0.15) is 0 Å². The first-order valence-electron chi connectivity index (χ1n) is 6.11. The van der Waals surface area contributed by atoms with Crippen LogP contribution < -0.4 is 5.73 Å². The molecule has 0 rings (SSSR count). The Labute approximate surface area is 108 Å². The zero-order valence-electron chi connectivity index (χ0n) is 11.4. The Morgan fingerprint density at radius 1 is 1.39 bits per heavy atom. The highest BCUT2D eigenvalue weighted by molar-refractivity contribution is 5.83. The lowest BCUT2D eigenvalue weighted by Gasteiger charge is -2.26. The van der Waals surface area contributed by atoms with Crippen molar-refractivity contribution >= 4 is 11.9 Å². The second-order valence-electron chi connectivity index (χ2n) is 4.71. The fraction of sp³-hybridized carbons (Fsp3) is 0.833. The molecule has 0 radical (unpaired) electrons. The summed E-state index contributed by atoms with van der Waals surface area (Å²) < 4.78 is 4.88. The fourth-order valence-electron chi connectivity index (χ4n) is 1.76. The lowest BCUT2D eigenvalue weighted by Crippen LogP contribution is -2.43. The molecule has 0 bridgehead atoms. The van der Waals surface area contributed by atoms with E-state index in [0.29, 0.717) is 18.9 Å². The lowest BCUT2D eigenvalue weighted by atomic mass is 9.96. The van der Waals surface area contributed by atoms with E-state index in [0.717, 1.165) is 0 Å². The van der Waals surface area contributed by atoms with Crippen molar-refractivity contribution in [3.63, 3.8) is 0 Å². The van der Waals surface area contributed by atoms with Crippen LogP contribution in [0.5, 0.6) is 0 Å². The van der Waals surface area contributed by atoms with Gasteiger partial charge in [0.15, 0.2) is 0 Å². The van der Waals surface area contributed by atoms with Crippen molar-refractivity contribution in [2.45, 2.75) is 20.3 Å². The van der Waals surface area contributed by atoms with Crippen molar-refractivity contribution in [1.82, 2.24) is 4.90 Å². The van der Waals surface area contributed by atoms with Crippen LogP contribution in [0.3, 0.4) is 0 Å². The quantitative estimate of drug-likeness (QED) is 0.616. The van der Waals surface area contributed by atoms with Gasteiger partial charge in [0.1, 0.15) is 6.54 Å². The van der Waals surface area contributed by atoms with E-state index in [-0.39, 0.29) is 31.5 Å². The van der Waals surface area contributed by atoms with Crippen molar-refractivity contribution < 1.29 is 19.4 Å². The third-order valence-electron chi connectivity index (χ3n) is 2.59. The van der Waals surface area contributed by atoms with Gasteiger partial charge in [0.05, 0.1) is 12.5 Å². The molecule has 1 amide bonds. The van der Waals surface area contributed by atoms with Gasteiger partial charge in [0, 0.05) is 20.2 Å². The number of ether oxygens (including phenoxy) is 1. The Morgan fingerprint density at radius 2 is 2.00 bits per heavy atom. The summed E-state index contributed by atoms with van der Waals surface area (Å²) in [5.41, 5.74) is 5.59. The minimum absolute atomic E-state index is 0.203. The highest BCUT2D eigenvalue weighted by Gasteiger charge is 2.25. The predicted molar refractivity (Wildman–Crippen MR) is 68.1 cm³/mol. The minimum Gasteiger partial charge on any atom is -0.480 e. The molecule has 0 spiro atoms. The van der Waals surface area contributed by atoms with E-state index >= 15 is 0 Å². The van der Waals surface area contributed by atoms with E-state index in [9.17, 15) is 9.59 Å². The van der Waals surface area contributed by atoms with Crippen molar-refractivity contribution in [2.75, 3.05) is 33.4 Å². The Hall–Kier alpha value is -1.14. The molecule has 0 fully saturated rings.